The smallest absolute Gasteiger partial charge is 0.273 e. The fourth-order valence-corrected chi connectivity index (χ4v) is 4.09. The standard InChI is InChI=1S/C23H23N3O3/c27-23(22-19-6-2-1-4-16(19)9-10-24-22)26-11-3-5-18(15-26)25-17-7-8-20-21(14-17)29-13-12-28-20/h1-2,4,6-10,14,18,25H,3,5,11-13,15H2. The van der Waals surface area contributed by atoms with Crippen LogP contribution in [-0.4, -0.2) is 48.1 Å². The number of amides is 1. The number of anilines is 1. The molecule has 2 aliphatic rings. The zero-order valence-electron chi connectivity index (χ0n) is 16.1. The molecular formula is C23H23N3O3. The molecule has 6 nitrogen and oxygen atoms in total. The van der Waals surface area contributed by atoms with Crippen molar-refractivity contribution in [1.82, 2.24) is 9.88 Å². The maximum atomic E-state index is 13.2. The fraction of sp³-hybridized carbons (Fsp3) is 0.304. The van der Waals surface area contributed by atoms with Crippen molar-refractivity contribution in [2.75, 3.05) is 31.6 Å². The lowest BCUT2D eigenvalue weighted by Gasteiger charge is -2.34. The molecule has 2 aromatic carbocycles. The molecule has 1 unspecified atom stereocenters. The molecule has 5 rings (SSSR count). The Kier molecular flexibility index (Phi) is 4.68. The summed E-state index contributed by atoms with van der Waals surface area (Å²) in [5.74, 6) is 1.55. The van der Waals surface area contributed by atoms with Gasteiger partial charge in [0.1, 0.15) is 18.9 Å². The number of hydrogen-bond acceptors (Lipinski definition) is 5. The number of piperidine rings is 1. The first-order valence-corrected chi connectivity index (χ1v) is 10.1. The third-order valence-corrected chi connectivity index (χ3v) is 5.50. The lowest BCUT2D eigenvalue weighted by molar-refractivity contribution is 0.0711. The highest BCUT2D eigenvalue weighted by molar-refractivity contribution is 6.05. The van der Waals surface area contributed by atoms with Crippen LogP contribution < -0.4 is 14.8 Å². The number of nitrogens with one attached hydrogen (secondary N) is 1. The third-order valence-electron chi connectivity index (χ3n) is 5.50. The van der Waals surface area contributed by atoms with Gasteiger partial charge >= 0.3 is 0 Å². The first-order valence-electron chi connectivity index (χ1n) is 10.1. The molecule has 1 saturated heterocycles. The summed E-state index contributed by atoms with van der Waals surface area (Å²) in [6.07, 6.45) is 3.68. The lowest BCUT2D eigenvalue weighted by atomic mass is 10.0. The number of hydrogen-bond donors (Lipinski definition) is 1. The molecule has 0 aliphatic carbocycles. The van der Waals surface area contributed by atoms with E-state index in [2.05, 4.69) is 10.3 Å². The molecule has 1 aromatic heterocycles. The molecule has 2 aliphatic heterocycles. The number of aromatic nitrogens is 1. The van der Waals surface area contributed by atoms with Gasteiger partial charge in [0.15, 0.2) is 11.5 Å². The molecular weight excluding hydrogens is 366 g/mol. The van der Waals surface area contributed by atoms with Gasteiger partial charge in [-0.15, -0.1) is 0 Å². The van der Waals surface area contributed by atoms with Gasteiger partial charge in [-0.2, -0.15) is 0 Å². The van der Waals surface area contributed by atoms with Gasteiger partial charge in [-0.3, -0.25) is 9.78 Å². The number of pyridine rings is 1. The highest BCUT2D eigenvalue weighted by Crippen LogP contribution is 2.33. The third kappa shape index (κ3) is 3.58. The monoisotopic (exact) mass is 389 g/mol. The Morgan fingerprint density at radius 1 is 1.07 bits per heavy atom. The molecule has 0 spiro atoms. The van der Waals surface area contributed by atoms with Crippen LogP contribution in [-0.2, 0) is 0 Å². The van der Waals surface area contributed by atoms with E-state index in [4.69, 9.17) is 9.47 Å². The largest absolute Gasteiger partial charge is 0.486 e. The Balaban J connectivity index is 1.32. The van der Waals surface area contributed by atoms with Crippen LogP contribution in [0.25, 0.3) is 10.8 Å². The highest BCUT2D eigenvalue weighted by Gasteiger charge is 2.26. The van der Waals surface area contributed by atoms with E-state index in [0.717, 1.165) is 47.3 Å². The Labute approximate surface area is 169 Å². The Morgan fingerprint density at radius 2 is 1.93 bits per heavy atom. The molecule has 0 bridgehead atoms. The molecule has 1 N–H and O–H groups in total. The molecule has 1 atom stereocenters. The van der Waals surface area contributed by atoms with Gasteiger partial charge in [-0.25, -0.2) is 0 Å². The van der Waals surface area contributed by atoms with Crippen molar-refractivity contribution in [1.29, 1.82) is 0 Å². The topological polar surface area (TPSA) is 63.7 Å². The summed E-state index contributed by atoms with van der Waals surface area (Å²) >= 11 is 0. The Morgan fingerprint density at radius 3 is 2.86 bits per heavy atom. The second-order valence-electron chi connectivity index (χ2n) is 7.47. The molecule has 6 heteroatoms. The number of benzene rings is 2. The summed E-state index contributed by atoms with van der Waals surface area (Å²) in [5, 5.41) is 5.50. The predicted octanol–water partition coefficient (Wildman–Crippen LogP) is 3.72. The van der Waals surface area contributed by atoms with E-state index < -0.39 is 0 Å². The van der Waals surface area contributed by atoms with Gasteiger partial charge in [-0.1, -0.05) is 24.3 Å². The summed E-state index contributed by atoms with van der Waals surface area (Å²) in [5.41, 5.74) is 1.51. The van der Waals surface area contributed by atoms with Crippen molar-refractivity contribution < 1.29 is 14.3 Å². The van der Waals surface area contributed by atoms with Crippen molar-refractivity contribution >= 4 is 22.4 Å². The summed E-state index contributed by atoms with van der Waals surface area (Å²) in [7, 11) is 0. The van der Waals surface area contributed by atoms with Crippen molar-refractivity contribution in [2.24, 2.45) is 0 Å². The van der Waals surface area contributed by atoms with Crippen LogP contribution in [0.1, 0.15) is 23.3 Å². The van der Waals surface area contributed by atoms with E-state index in [1.807, 2.05) is 53.4 Å². The Bertz CT molecular complexity index is 1050. The highest BCUT2D eigenvalue weighted by atomic mass is 16.6. The quantitative estimate of drug-likeness (QED) is 0.740. The minimum absolute atomic E-state index is 0.00419. The van der Waals surface area contributed by atoms with E-state index in [9.17, 15) is 4.79 Å². The minimum atomic E-state index is -0.00419. The van der Waals surface area contributed by atoms with Gasteiger partial charge in [0.25, 0.3) is 5.91 Å². The van der Waals surface area contributed by atoms with E-state index in [1.54, 1.807) is 6.20 Å². The van der Waals surface area contributed by atoms with Crippen LogP contribution in [0.15, 0.2) is 54.7 Å². The van der Waals surface area contributed by atoms with Gasteiger partial charge < -0.3 is 19.7 Å². The maximum Gasteiger partial charge on any atom is 0.273 e. The van der Waals surface area contributed by atoms with Crippen LogP contribution in [0.5, 0.6) is 11.5 Å². The van der Waals surface area contributed by atoms with E-state index in [0.29, 0.717) is 25.5 Å². The van der Waals surface area contributed by atoms with E-state index in [1.165, 1.54) is 0 Å². The van der Waals surface area contributed by atoms with Crippen molar-refractivity contribution in [3.8, 4) is 11.5 Å². The maximum absolute atomic E-state index is 13.2. The Hall–Kier alpha value is -3.28. The summed E-state index contributed by atoms with van der Waals surface area (Å²) in [4.78, 5) is 19.5. The van der Waals surface area contributed by atoms with Gasteiger partial charge in [0.05, 0.1) is 0 Å². The molecule has 3 heterocycles. The second kappa shape index (κ2) is 7.62. The van der Waals surface area contributed by atoms with Crippen LogP contribution in [0.2, 0.25) is 0 Å². The lowest BCUT2D eigenvalue weighted by Crippen LogP contribution is -2.45. The van der Waals surface area contributed by atoms with Gasteiger partial charge in [0.2, 0.25) is 0 Å². The van der Waals surface area contributed by atoms with Crippen LogP contribution in [0, 0.1) is 0 Å². The minimum Gasteiger partial charge on any atom is -0.486 e. The zero-order valence-corrected chi connectivity index (χ0v) is 16.1. The predicted molar refractivity (Wildman–Crippen MR) is 112 cm³/mol. The number of ether oxygens (including phenoxy) is 2. The number of fused-ring (bicyclic) bond motifs is 2. The molecule has 0 saturated carbocycles. The van der Waals surface area contributed by atoms with Gasteiger partial charge in [0, 0.05) is 42.5 Å². The summed E-state index contributed by atoms with van der Waals surface area (Å²) < 4.78 is 11.3. The number of carbonyl (C=O) groups excluding carboxylic acids is 1. The van der Waals surface area contributed by atoms with Crippen molar-refractivity contribution in [3.63, 3.8) is 0 Å². The average molecular weight is 389 g/mol. The molecule has 29 heavy (non-hydrogen) atoms. The van der Waals surface area contributed by atoms with Crippen LogP contribution in [0.4, 0.5) is 5.69 Å². The molecule has 1 fully saturated rings. The SMILES string of the molecule is O=C(c1nccc2ccccc12)N1CCCC(Nc2ccc3c(c2)OCCO3)C1. The molecule has 1 amide bonds. The first kappa shape index (κ1) is 17.8. The van der Waals surface area contributed by atoms with Gasteiger partial charge in [-0.05, 0) is 36.4 Å². The summed E-state index contributed by atoms with van der Waals surface area (Å²) in [6.45, 7) is 2.56. The first-order chi connectivity index (χ1) is 14.3. The van der Waals surface area contributed by atoms with Crippen molar-refractivity contribution in [3.05, 3.63) is 60.4 Å². The number of nitrogens with zero attached hydrogens (tertiary/aromatic N) is 2. The normalized spacial score (nSPS) is 18.5. The van der Waals surface area contributed by atoms with E-state index in [-0.39, 0.29) is 11.9 Å². The molecule has 0 radical (unpaired) electrons. The van der Waals surface area contributed by atoms with Crippen molar-refractivity contribution in [2.45, 2.75) is 18.9 Å². The van der Waals surface area contributed by atoms with Crippen LogP contribution in [0.3, 0.4) is 0 Å². The average Bonchev–Trinajstić information content (AvgIpc) is 2.78. The molecule has 3 aromatic rings. The number of carbonyl (C=O) groups is 1. The summed E-state index contributed by atoms with van der Waals surface area (Å²) in [6, 6.07) is 15.9. The number of rotatable bonds is 3. The van der Waals surface area contributed by atoms with Crippen LogP contribution >= 0.6 is 0 Å². The van der Waals surface area contributed by atoms with E-state index >= 15 is 0 Å². The molecule has 148 valence electrons. The second-order valence-corrected chi connectivity index (χ2v) is 7.47. The zero-order chi connectivity index (χ0) is 19.6. The number of likely N-dealkylation sites (tertiary alicyclic amines) is 1. The fourth-order valence-electron chi connectivity index (χ4n) is 4.09.